The fraction of sp³-hybridized carbons (Fsp3) is 0.417. The lowest BCUT2D eigenvalue weighted by atomic mass is 10.1. The van der Waals surface area contributed by atoms with Crippen molar-refractivity contribution >= 4 is 27.5 Å². The quantitative estimate of drug-likeness (QED) is 0.641. The third kappa shape index (κ3) is 4.23. The Bertz CT molecular complexity index is 1220. The van der Waals surface area contributed by atoms with E-state index in [1.54, 1.807) is 46.2 Å². The summed E-state index contributed by atoms with van der Waals surface area (Å²) >= 11 is 0. The van der Waals surface area contributed by atoms with Crippen LogP contribution >= 0.6 is 0 Å². The van der Waals surface area contributed by atoms with Gasteiger partial charge in [-0.05, 0) is 55.3 Å². The minimum atomic E-state index is -3.72. The minimum Gasteiger partial charge on any atom is -0.493 e. The first-order valence-corrected chi connectivity index (χ1v) is 12.6. The highest BCUT2D eigenvalue weighted by molar-refractivity contribution is 7.89. The Balaban J connectivity index is 1.47. The number of carbonyl (C=O) groups is 2. The van der Waals surface area contributed by atoms with Crippen LogP contribution in [0.5, 0.6) is 11.5 Å². The SMILES string of the molecule is COc1ccc(C(=O)N2CCN(S(=O)(=O)c3ccc4c(c3)CC(C)N4C(C)=O)CC2)cc1OC. The van der Waals surface area contributed by atoms with Crippen LogP contribution in [-0.2, 0) is 21.2 Å². The summed E-state index contributed by atoms with van der Waals surface area (Å²) in [5, 5.41) is 0. The Morgan fingerprint density at radius 3 is 2.24 bits per heavy atom. The first-order chi connectivity index (χ1) is 16.2. The van der Waals surface area contributed by atoms with Crippen LogP contribution in [0, 0.1) is 0 Å². The Morgan fingerprint density at radius 1 is 0.941 bits per heavy atom. The van der Waals surface area contributed by atoms with E-state index >= 15 is 0 Å². The van der Waals surface area contributed by atoms with Gasteiger partial charge in [0.15, 0.2) is 11.5 Å². The fourth-order valence-electron chi connectivity index (χ4n) is 4.68. The number of methoxy groups -OCH3 is 2. The van der Waals surface area contributed by atoms with Crippen molar-refractivity contribution in [3.8, 4) is 11.5 Å². The molecule has 1 saturated heterocycles. The standard InChI is InChI=1S/C24H29N3O6S/c1-16-13-19-14-20(6-7-21(19)27(16)17(2)28)34(30,31)26-11-9-25(10-12-26)24(29)18-5-8-22(32-3)23(15-18)33-4/h5-8,14-16H,9-13H2,1-4H3. The van der Waals surface area contributed by atoms with Crippen LogP contribution in [0.3, 0.4) is 0 Å². The summed E-state index contributed by atoms with van der Waals surface area (Å²) in [7, 11) is -0.682. The van der Waals surface area contributed by atoms with Gasteiger partial charge in [-0.1, -0.05) is 0 Å². The van der Waals surface area contributed by atoms with E-state index in [9.17, 15) is 18.0 Å². The summed E-state index contributed by atoms with van der Waals surface area (Å²) in [6, 6.07) is 9.91. The van der Waals surface area contributed by atoms with Crippen molar-refractivity contribution in [3.63, 3.8) is 0 Å². The summed E-state index contributed by atoms with van der Waals surface area (Å²) in [4.78, 5) is 28.5. The van der Waals surface area contributed by atoms with Crippen molar-refractivity contribution in [2.45, 2.75) is 31.2 Å². The monoisotopic (exact) mass is 487 g/mol. The molecule has 0 saturated carbocycles. The predicted molar refractivity (Wildman–Crippen MR) is 127 cm³/mol. The molecule has 182 valence electrons. The lowest BCUT2D eigenvalue weighted by Gasteiger charge is -2.34. The molecule has 9 nitrogen and oxygen atoms in total. The first-order valence-electron chi connectivity index (χ1n) is 11.1. The van der Waals surface area contributed by atoms with E-state index in [4.69, 9.17) is 9.47 Å². The van der Waals surface area contributed by atoms with Gasteiger partial charge in [0.05, 0.1) is 19.1 Å². The smallest absolute Gasteiger partial charge is 0.254 e. The number of hydrogen-bond acceptors (Lipinski definition) is 6. The van der Waals surface area contributed by atoms with E-state index in [0.717, 1.165) is 11.3 Å². The van der Waals surface area contributed by atoms with E-state index < -0.39 is 10.0 Å². The van der Waals surface area contributed by atoms with Crippen molar-refractivity contribution in [3.05, 3.63) is 47.5 Å². The number of rotatable bonds is 5. The molecule has 1 fully saturated rings. The molecule has 0 radical (unpaired) electrons. The van der Waals surface area contributed by atoms with E-state index in [-0.39, 0.29) is 48.9 Å². The number of benzene rings is 2. The van der Waals surface area contributed by atoms with E-state index in [2.05, 4.69) is 0 Å². The van der Waals surface area contributed by atoms with Gasteiger partial charge in [0.25, 0.3) is 5.91 Å². The van der Waals surface area contributed by atoms with Crippen LogP contribution in [0.15, 0.2) is 41.3 Å². The molecule has 2 aliphatic rings. The van der Waals surface area contributed by atoms with Crippen LogP contribution in [0.4, 0.5) is 5.69 Å². The normalized spacial score (nSPS) is 18.5. The Morgan fingerprint density at radius 2 is 1.62 bits per heavy atom. The number of fused-ring (bicyclic) bond motifs is 1. The maximum Gasteiger partial charge on any atom is 0.254 e. The van der Waals surface area contributed by atoms with Crippen LogP contribution in [-0.4, -0.2) is 75.9 Å². The summed E-state index contributed by atoms with van der Waals surface area (Å²) in [5.74, 6) is 0.750. The minimum absolute atomic E-state index is 0.00316. The van der Waals surface area contributed by atoms with Crippen molar-refractivity contribution in [2.75, 3.05) is 45.3 Å². The number of ether oxygens (including phenoxy) is 2. The third-order valence-corrected chi connectivity index (χ3v) is 8.29. The zero-order valence-electron chi connectivity index (χ0n) is 19.8. The van der Waals surface area contributed by atoms with Crippen molar-refractivity contribution in [1.29, 1.82) is 0 Å². The van der Waals surface area contributed by atoms with Gasteiger partial charge < -0.3 is 19.3 Å². The molecular formula is C24H29N3O6S. The Kier molecular flexibility index (Phi) is 6.55. The molecule has 10 heteroatoms. The van der Waals surface area contributed by atoms with Crippen LogP contribution in [0.1, 0.15) is 29.8 Å². The molecule has 2 aliphatic heterocycles. The van der Waals surface area contributed by atoms with Gasteiger partial charge in [0.1, 0.15) is 0 Å². The molecule has 2 heterocycles. The summed E-state index contributed by atoms with van der Waals surface area (Å²) in [6.07, 6.45) is 0.617. The first kappa shape index (κ1) is 24.0. The maximum absolute atomic E-state index is 13.3. The molecule has 1 unspecified atom stereocenters. The van der Waals surface area contributed by atoms with Crippen molar-refractivity contribution in [1.82, 2.24) is 9.21 Å². The predicted octanol–water partition coefficient (Wildman–Crippen LogP) is 2.15. The molecule has 0 bridgehead atoms. The topological polar surface area (TPSA) is 96.5 Å². The molecule has 0 N–H and O–H groups in total. The Hall–Kier alpha value is -3.11. The zero-order valence-corrected chi connectivity index (χ0v) is 20.6. The van der Waals surface area contributed by atoms with Gasteiger partial charge in [0, 0.05) is 50.4 Å². The van der Waals surface area contributed by atoms with Crippen LogP contribution < -0.4 is 14.4 Å². The molecule has 2 aromatic rings. The van der Waals surface area contributed by atoms with Gasteiger partial charge in [-0.2, -0.15) is 4.31 Å². The second-order valence-corrected chi connectivity index (χ2v) is 10.4. The summed E-state index contributed by atoms with van der Waals surface area (Å²) < 4.78 is 38.5. The zero-order chi connectivity index (χ0) is 24.6. The van der Waals surface area contributed by atoms with Gasteiger partial charge in [-0.25, -0.2) is 8.42 Å². The van der Waals surface area contributed by atoms with Crippen LogP contribution in [0.2, 0.25) is 0 Å². The molecule has 4 rings (SSSR count). The van der Waals surface area contributed by atoms with E-state index in [1.165, 1.54) is 25.4 Å². The number of carbonyl (C=O) groups excluding carboxylic acids is 2. The second-order valence-electron chi connectivity index (χ2n) is 8.50. The lowest BCUT2D eigenvalue weighted by molar-refractivity contribution is -0.116. The maximum atomic E-state index is 13.3. The molecule has 2 aromatic carbocycles. The largest absolute Gasteiger partial charge is 0.493 e. The van der Waals surface area contributed by atoms with Crippen molar-refractivity contribution in [2.24, 2.45) is 0 Å². The third-order valence-electron chi connectivity index (χ3n) is 6.40. The van der Waals surface area contributed by atoms with Gasteiger partial charge in [-0.3, -0.25) is 9.59 Å². The lowest BCUT2D eigenvalue weighted by Crippen LogP contribution is -2.50. The van der Waals surface area contributed by atoms with Gasteiger partial charge in [-0.15, -0.1) is 0 Å². The number of piperazine rings is 1. The summed E-state index contributed by atoms with van der Waals surface area (Å²) in [6.45, 7) is 4.44. The number of anilines is 1. The molecular weight excluding hydrogens is 458 g/mol. The molecule has 2 amide bonds. The number of nitrogens with zero attached hydrogens (tertiary/aromatic N) is 3. The molecule has 34 heavy (non-hydrogen) atoms. The van der Waals surface area contributed by atoms with Crippen LogP contribution in [0.25, 0.3) is 0 Å². The van der Waals surface area contributed by atoms with Gasteiger partial charge in [0.2, 0.25) is 15.9 Å². The molecule has 1 atom stereocenters. The highest BCUT2D eigenvalue weighted by atomic mass is 32.2. The van der Waals surface area contributed by atoms with Gasteiger partial charge >= 0.3 is 0 Å². The summed E-state index contributed by atoms with van der Waals surface area (Å²) in [5.41, 5.74) is 2.08. The van der Waals surface area contributed by atoms with E-state index in [1.807, 2.05) is 6.92 Å². The fourth-order valence-corrected chi connectivity index (χ4v) is 6.15. The Labute approximate surface area is 199 Å². The molecule has 0 aromatic heterocycles. The van der Waals surface area contributed by atoms with Crippen molar-refractivity contribution < 1.29 is 27.5 Å². The average Bonchev–Trinajstić information content (AvgIpc) is 3.18. The molecule has 0 spiro atoms. The van der Waals surface area contributed by atoms with E-state index in [0.29, 0.717) is 23.5 Å². The second kappa shape index (κ2) is 9.27. The number of hydrogen-bond donors (Lipinski definition) is 0. The highest BCUT2D eigenvalue weighted by Gasteiger charge is 2.34. The highest BCUT2D eigenvalue weighted by Crippen LogP contribution is 2.35. The number of sulfonamides is 1. The number of amides is 2. The molecule has 0 aliphatic carbocycles. The average molecular weight is 488 g/mol.